The quantitative estimate of drug-likeness (QED) is 0.747. The summed E-state index contributed by atoms with van der Waals surface area (Å²) in [6.07, 6.45) is 2.43. The minimum absolute atomic E-state index is 0.0254. The van der Waals surface area contributed by atoms with Gasteiger partial charge in [-0.05, 0) is 24.6 Å². The third kappa shape index (κ3) is 4.97. The molecule has 4 N–H and O–H groups in total. The van der Waals surface area contributed by atoms with Crippen molar-refractivity contribution in [3.05, 3.63) is 24.0 Å². The summed E-state index contributed by atoms with van der Waals surface area (Å²) >= 11 is 0. The minimum Gasteiger partial charge on any atom is -0.325 e. The molecule has 2 amide bonds. The van der Waals surface area contributed by atoms with E-state index in [1.807, 2.05) is 6.92 Å². The van der Waals surface area contributed by atoms with E-state index in [4.69, 9.17) is 5.73 Å². The van der Waals surface area contributed by atoms with Gasteiger partial charge >= 0.3 is 0 Å². The highest BCUT2D eigenvalue weighted by Gasteiger charge is 2.14. The van der Waals surface area contributed by atoms with E-state index in [1.165, 1.54) is 25.1 Å². The van der Waals surface area contributed by atoms with Gasteiger partial charge in [0.05, 0.1) is 11.7 Å². The number of benzene rings is 1. The Morgan fingerprint density at radius 1 is 1.35 bits per heavy atom. The van der Waals surface area contributed by atoms with Crippen LogP contribution < -0.4 is 16.4 Å². The van der Waals surface area contributed by atoms with Crippen molar-refractivity contribution in [3.63, 3.8) is 0 Å². The number of hydrogen-bond donors (Lipinski definition) is 3. The lowest BCUT2D eigenvalue weighted by Crippen LogP contribution is -2.35. The van der Waals surface area contributed by atoms with Crippen LogP contribution >= 0.6 is 0 Å². The topological polar surface area (TPSA) is 84.2 Å². The Morgan fingerprint density at radius 3 is 2.65 bits per heavy atom. The zero-order valence-electron chi connectivity index (χ0n) is 11.7. The summed E-state index contributed by atoms with van der Waals surface area (Å²) in [5, 5.41) is 4.96. The Kier molecular flexibility index (Phi) is 6.11. The van der Waals surface area contributed by atoms with E-state index in [-0.39, 0.29) is 17.5 Å². The fourth-order valence-electron chi connectivity index (χ4n) is 1.68. The molecule has 1 aromatic carbocycles. The molecule has 20 heavy (non-hydrogen) atoms. The maximum atomic E-state index is 13.4. The molecule has 0 bridgehead atoms. The molecule has 0 heterocycles. The Balaban J connectivity index is 2.72. The fourth-order valence-corrected chi connectivity index (χ4v) is 1.68. The van der Waals surface area contributed by atoms with Gasteiger partial charge in [-0.2, -0.15) is 0 Å². The molecule has 0 spiro atoms. The zero-order valence-corrected chi connectivity index (χ0v) is 11.7. The van der Waals surface area contributed by atoms with Gasteiger partial charge in [0.1, 0.15) is 5.82 Å². The lowest BCUT2D eigenvalue weighted by molar-refractivity contribution is -0.117. The highest BCUT2D eigenvalue weighted by molar-refractivity contribution is 5.96. The van der Waals surface area contributed by atoms with Crippen LogP contribution in [0.25, 0.3) is 0 Å². The van der Waals surface area contributed by atoms with Gasteiger partial charge in [-0.15, -0.1) is 0 Å². The molecule has 5 nitrogen and oxygen atoms in total. The van der Waals surface area contributed by atoms with Gasteiger partial charge in [-0.1, -0.05) is 19.8 Å². The van der Waals surface area contributed by atoms with Gasteiger partial charge < -0.3 is 16.4 Å². The van der Waals surface area contributed by atoms with Crippen molar-refractivity contribution in [1.29, 1.82) is 0 Å². The van der Waals surface area contributed by atoms with E-state index < -0.39 is 11.9 Å². The number of nitrogens with one attached hydrogen (secondary N) is 2. The molecule has 0 aliphatic carbocycles. The maximum Gasteiger partial charge on any atom is 0.241 e. The SMILES string of the molecule is CCCCC(N)C(=O)Nc1ccc(F)c(NC(C)=O)c1. The number of halogens is 1. The van der Waals surface area contributed by atoms with Crippen molar-refractivity contribution in [3.8, 4) is 0 Å². The Hall–Kier alpha value is -1.95. The molecular formula is C14H20FN3O2. The van der Waals surface area contributed by atoms with Gasteiger partial charge in [0.2, 0.25) is 11.8 Å². The molecule has 0 aromatic heterocycles. The van der Waals surface area contributed by atoms with Crippen LogP contribution in [0.4, 0.5) is 15.8 Å². The van der Waals surface area contributed by atoms with E-state index >= 15 is 0 Å². The number of hydrogen-bond acceptors (Lipinski definition) is 3. The maximum absolute atomic E-state index is 13.4. The molecule has 0 fully saturated rings. The van der Waals surface area contributed by atoms with Crippen LogP contribution in [0, 0.1) is 5.82 Å². The monoisotopic (exact) mass is 281 g/mol. The lowest BCUT2D eigenvalue weighted by Gasteiger charge is -2.13. The van der Waals surface area contributed by atoms with Gasteiger partial charge in [0, 0.05) is 12.6 Å². The van der Waals surface area contributed by atoms with E-state index in [2.05, 4.69) is 10.6 Å². The van der Waals surface area contributed by atoms with E-state index in [0.717, 1.165) is 12.8 Å². The standard InChI is InChI=1S/C14H20FN3O2/c1-3-4-5-12(16)14(20)18-10-6-7-11(15)13(8-10)17-9(2)19/h6-8,12H,3-5,16H2,1-2H3,(H,17,19)(H,18,20). The Morgan fingerprint density at radius 2 is 2.05 bits per heavy atom. The van der Waals surface area contributed by atoms with Crippen molar-refractivity contribution in [1.82, 2.24) is 0 Å². The molecule has 0 aliphatic heterocycles. The van der Waals surface area contributed by atoms with Crippen LogP contribution in [0.15, 0.2) is 18.2 Å². The number of amides is 2. The molecule has 0 saturated carbocycles. The van der Waals surface area contributed by atoms with E-state index in [9.17, 15) is 14.0 Å². The summed E-state index contributed by atoms with van der Waals surface area (Å²) < 4.78 is 13.4. The average Bonchev–Trinajstić information content (AvgIpc) is 2.39. The molecule has 1 aromatic rings. The molecule has 0 radical (unpaired) electrons. The van der Waals surface area contributed by atoms with Gasteiger partial charge in [0.15, 0.2) is 0 Å². The smallest absolute Gasteiger partial charge is 0.241 e. The number of carbonyl (C=O) groups is 2. The first-order valence-corrected chi connectivity index (χ1v) is 6.57. The molecule has 1 rings (SSSR count). The fraction of sp³-hybridized carbons (Fsp3) is 0.429. The zero-order chi connectivity index (χ0) is 15.1. The normalized spacial score (nSPS) is 11.8. The summed E-state index contributed by atoms with van der Waals surface area (Å²) in [6, 6.07) is 3.37. The summed E-state index contributed by atoms with van der Waals surface area (Å²) in [7, 11) is 0. The highest BCUT2D eigenvalue weighted by Crippen LogP contribution is 2.19. The summed E-state index contributed by atoms with van der Waals surface area (Å²) in [6.45, 7) is 3.30. The van der Waals surface area contributed by atoms with Crippen LogP contribution in [-0.2, 0) is 9.59 Å². The molecular weight excluding hydrogens is 261 g/mol. The molecule has 1 atom stereocenters. The van der Waals surface area contributed by atoms with Gasteiger partial charge in [-0.3, -0.25) is 9.59 Å². The number of anilines is 2. The van der Waals surface area contributed by atoms with Crippen molar-refractivity contribution < 1.29 is 14.0 Å². The summed E-state index contributed by atoms with van der Waals surface area (Å²) in [4.78, 5) is 22.8. The molecule has 6 heteroatoms. The Bertz CT molecular complexity index is 491. The third-order valence-corrected chi connectivity index (χ3v) is 2.75. The van der Waals surface area contributed by atoms with Crippen LogP contribution in [0.2, 0.25) is 0 Å². The first kappa shape index (κ1) is 16.1. The van der Waals surface area contributed by atoms with Crippen LogP contribution in [0.1, 0.15) is 33.1 Å². The first-order valence-electron chi connectivity index (χ1n) is 6.57. The molecule has 0 aliphatic rings. The summed E-state index contributed by atoms with van der Waals surface area (Å²) in [5.74, 6) is -1.26. The number of unbranched alkanes of at least 4 members (excludes halogenated alkanes) is 1. The minimum atomic E-state index is -0.593. The van der Waals surface area contributed by atoms with Gasteiger partial charge in [0.25, 0.3) is 0 Å². The molecule has 110 valence electrons. The van der Waals surface area contributed by atoms with Crippen LogP contribution in [0.5, 0.6) is 0 Å². The van der Waals surface area contributed by atoms with Crippen LogP contribution in [0.3, 0.4) is 0 Å². The average molecular weight is 281 g/mol. The molecule has 0 saturated heterocycles. The predicted octanol–water partition coefficient (Wildman–Crippen LogP) is 2.24. The number of nitrogens with two attached hydrogens (primary N) is 1. The predicted molar refractivity (Wildman–Crippen MR) is 76.8 cm³/mol. The second kappa shape index (κ2) is 7.59. The Labute approximate surface area is 117 Å². The third-order valence-electron chi connectivity index (χ3n) is 2.75. The van der Waals surface area contributed by atoms with Crippen molar-refractivity contribution in [2.75, 3.05) is 10.6 Å². The number of rotatable bonds is 6. The first-order chi connectivity index (χ1) is 9.43. The lowest BCUT2D eigenvalue weighted by atomic mass is 10.1. The van der Waals surface area contributed by atoms with E-state index in [0.29, 0.717) is 12.1 Å². The van der Waals surface area contributed by atoms with Crippen molar-refractivity contribution in [2.24, 2.45) is 5.73 Å². The van der Waals surface area contributed by atoms with Crippen molar-refractivity contribution in [2.45, 2.75) is 39.2 Å². The summed E-state index contributed by atoms with van der Waals surface area (Å²) in [5.41, 5.74) is 6.16. The van der Waals surface area contributed by atoms with Crippen LogP contribution in [-0.4, -0.2) is 17.9 Å². The highest BCUT2D eigenvalue weighted by atomic mass is 19.1. The van der Waals surface area contributed by atoms with Gasteiger partial charge in [-0.25, -0.2) is 4.39 Å². The largest absolute Gasteiger partial charge is 0.325 e. The van der Waals surface area contributed by atoms with Crippen molar-refractivity contribution >= 4 is 23.2 Å². The second-order valence-corrected chi connectivity index (χ2v) is 4.61. The second-order valence-electron chi connectivity index (χ2n) is 4.61. The number of carbonyl (C=O) groups excluding carboxylic acids is 2. The molecule has 1 unspecified atom stereocenters. The van der Waals surface area contributed by atoms with E-state index in [1.54, 1.807) is 0 Å².